The lowest BCUT2D eigenvalue weighted by molar-refractivity contribution is -0.106. The summed E-state index contributed by atoms with van der Waals surface area (Å²) >= 11 is 0. The number of hydrogen-bond donors (Lipinski definition) is 1. The third-order valence-electron chi connectivity index (χ3n) is 4.53. The van der Waals surface area contributed by atoms with E-state index >= 15 is 0 Å². The van der Waals surface area contributed by atoms with Gasteiger partial charge >= 0.3 is 0 Å². The molecule has 0 aromatic heterocycles. The van der Waals surface area contributed by atoms with Gasteiger partial charge in [0.2, 0.25) is 6.41 Å². The maximum absolute atomic E-state index is 12.0. The van der Waals surface area contributed by atoms with Gasteiger partial charge < -0.3 is 5.32 Å². The Labute approximate surface area is 143 Å². The van der Waals surface area contributed by atoms with Gasteiger partial charge in [-0.2, -0.15) is 0 Å². The lowest BCUT2D eigenvalue weighted by Gasteiger charge is -2.24. The molecule has 1 amide bonds. The van der Waals surface area contributed by atoms with Crippen molar-refractivity contribution in [1.29, 1.82) is 0 Å². The number of rotatable bonds is 5. The first-order chi connectivity index (χ1) is 11.7. The van der Waals surface area contributed by atoms with Gasteiger partial charge in [0, 0.05) is 19.7 Å². The summed E-state index contributed by atoms with van der Waals surface area (Å²) < 4.78 is 0. The van der Waals surface area contributed by atoms with Crippen LogP contribution >= 0.6 is 0 Å². The zero-order valence-electron chi connectivity index (χ0n) is 14.4. The minimum atomic E-state index is 0.625. The highest BCUT2D eigenvalue weighted by atomic mass is 16.1. The lowest BCUT2D eigenvalue weighted by atomic mass is 10.0. The second-order valence-corrected chi connectivity index (χ2v) is 6.13. The van der Waals surface area contributed by atoms with Crippen LogP contribution in [0, 0.1) is 6.92 Å². The number of carbonyl (C=O) groups excluding carboxylic acids is 1. The standard InChI is InChI=1S/C20H23N3O/c1-14-6-4-5-7-18(14)23(13-24)19-12-16(15-8-9-15)10-11-17(19)20(21-2)22-3/h4-7,10-13,15H,8-9H2,1-3H3,(H,21,22). The first-order valence-electron chi connectivity index (χ1n) is 8.28. The fraction of sp³-hybridized carbons (Fsp3) is 0.300. The summed E-state index contributed by atoms with van der Waals surface area (Å²) in [6.45, 7) is 2.02. The van der Waals surface area contributed by atoms with Gasteiger partial charge in [0.15, 0.2) is 0 Å². The topological polar surface area (TPSA) is 44.7 Å². The van der Waals surface area contributed by atoms with Gasteiger partial charge in [0.1, 0.15) is 5.84 Å². The molecule has 1 aliphatic rings. The molecule has 1 N–H and O–H groups in total. The highest BCUT2D eigenvalue weighted by Crippen LogP contribution is 2.42. The van der Waals surface area contributed by atoms with Gasteiger partial charge in [-0.25, -0.2) is 0 Å². The van der Waals surface area contributed by atoms with E-state index in [0.29, 0.717) is 5.92 Å². The Kier molecular flexibility index (Phi) is 4.65. The van der Waals surface area contributed by atoms with Gasteiger partial charge in [0.05, 0.1) is 11.4 Å². The van der Waals surface area contributed by atoms with Crippen molar-refractivity contribution in [3.8, 4) is 0 Å². The summed E-state index contributed by atoms with van der Waals surface area (Å²) in [6, 6.07) is 14.3. The number of anilines is 2. The minimum Gasteiger partial charge on any atom is -0.373 e. The molecule has 0 aliphatic heterocycles. The van der Waals surface area contributed by atoms with Crippen LogP contribution in [0.5, 0.6) is 0 Å². The van der Waals surface area contributed by atoms with Crippen LogP contribution in [0.2, 0.25) is 0 Å². The molecule has 0 unspecified atom stereocenters. The van der Waals surface area contributed by atoms with Crippen molar-refractivity contribution in [3.05, 3.63) is 59.2 Å². The van der Waals surface area contributed by atoms with Crippen molar-refractivity contribution in [2.24, 2.45) is 4.99 Å². The number of aliphatic imine (C=N–C) groups is 1. The number of hydrogen-bond acceptors (Lipinski definition) is 2. The van der Waals surface area contributed by atoms with Gasteiger partial charge in [-0.1, -0.05) is 24.3 Å². The zero-order valence-corrected chi connectivity index (χ0v) is 14.4. The average molecular weight is 321 g/mol. The second kappa shape index (κ2) is 6.87. The number of nitrogens with zero attached hydrogens (tertiary/aromatic N) is 2. The Morgan fingerprint density at radius 3 is 2.54 bits per heavy atom. The van der Waals surface area contributed by atoms with Crippen LogP contribution < -0.4 is 10.2 Å². The number of aryl methyl sites for hydroxylation is 1. The van der Waals surface area contributed by atoms with Crippen LogP contribution in [0.1, 0.15) is 35.4 Å². The van der Waals surface area contributed by atoms with E-state index in [1.165, 1.54) is 18.4 Å². The summed E-state index contributed by atoms with van der Waals surface area (Å²) in [4.78, 5) is 18.0. The quantitative estimate of drug-likeness (QED) is 0.518. The van der Waals surface area contributed by atoms with E-state index in [9.17, 15) is 4.79 Å². The van der Waals surface area contributed by atoms with Crippen LogP contribution in [0.25, 0.3) is 0 Å². The molecule has 0 atom stereocenters. The minimum absolute atomic E-state index is 0.625. The maximum Gasteiger partial charge on any atom is 0.218 e. The van der Waals surface area contributed by atoms with Crippen molar-refractivity contribution in [2.75, 3.05) is 19.0 Å². The smallest absolute Gasteiger partial charge is 0.218 e. The molecule has 124 valence electrons. The SMILES string of the molecule is CN=C(NC)c1ccc(C2CC2)cc1N(C=O)c1ccccc1C. The molecular weight excluding hydrogens is 298 g/mol. The Morgan fingerprint density at radius 1 is 1.21 bits per heavy atom. The fourth-order valence-corrected chi connectivity index (χ4v) is 3.06. The van der Waals surface area contributed by atoms with E-state index in [-0.39, 0.29) is 0 Å². The number of benzene rings is 2. The van der Waals surface area contributed by atoms with Crippen molar-refractivity contribution < 1.29 is 4.79 Å². The van der Waals surface area contributed by atoms with Crippen molar-refractivity contribution >= 4 is 23.6 Å². The number of nitrogens with one attached hydrogen (secondary N) is 1. The maximum atomic E-state index is 12.0. The molecule has 4 nitrogen and oxygen atoms in total. The average Bonchev–Trinajstić information content (AvgIpc) is 3.44. The number of para-hydroxylation sites is 1. The van der Waals surface area contributed by atoms with Crippen molar-refractivity contribution in [1.82, 2.24) is 5.32 Å². The Morgan fingerprint density at radius 2 is 1.96 bits per heavy atom. The molecule has 0 radical (unpaired) electrons. The number of amides is 1. The second-order valence-electron chi connectivity index (χ2n) is 6.13. The number of carbonyl (C=O) groups is 1. The van der Waals surface area contributed by atoms with Gasteiger partial charge in [-0.3, -0.25) is 14.7 Å². The third-order valence-corrected chi connectivity index (χ3v) is 4.53. The van der Waals surface area contributed by atoms with Gasteiger partial charge in [-0.05, 0) is 55.0 Å². The molecule has 0 spiro atoms. The lowest BCUT2D eigenvalue weighted by Crippen LogP contribution is -2.24. The third kappa shape index (κ3) is 3.04. The summed E-state index contributed by atoms with van der Waals surface area (Å²) in [6.07, 6.45) is 3.34. The van der Waals surface area contributed by atoms with Crippen LogP contribution in [-0.4, -0.2) is 26.3 Å². The molecule has 1 aliphatic carbocycles. The highest BCUT2D eigenvalue weighted by Gasteiger charge is 2.26. The molecule has 0 heterocycles. The van der Waals surface area contributed by atoms with E-state index in [2.05, 4.69) is 28.5 Å². The first-order valence-corrected chi connectivity index (χ1v) is 8.28. The van der Waals surface area contributed by atoms with Crippen LogP contribution in [0.3, 0.4) is 0 Å². The molecule has 1 fully saturated rings. The van der Waals surface area contributed by atoms with E-state index in [4.69, 9.17) is 0 Å². The zero-order chi connectivity index (χ0) is 17.1. The van der Waals surface area contributed by atoms with Gasteiger partial charge in [0.25, 0.3) is 0 Å². The van der Waals surface area contributed by atoms with E-state index < -0.39 is 0 Å². The molecule has 1 saturated carbocycles. The van der Waals surface area contributed by atoms with Crippen LogP contribution in [0.4, 0.5) is 11.4 Å². The molecule has 0 saturated heterocycles. The van der Waals surface area contributed by atoms with E-state index in [1.807, 2.05) is 38.2 Å². The van der Waals surface area contributed by atoms with Crippen LogP contribution in [-0.2, 0) is 4.79 Å². The predicted octanol–water partition coefficient (Wildman–Crippen LogP) is 3.76. The molecule has 3 rings (SSSR count). The largest absolute Gasteiger partial charge is 0.373 e. The Hall–Kier alpha value is -2.62. The molecule has 4 heteroatoms. The predicted molar refractivity (Wildman–Crippen MR) is 99.3 cm³/mol. The normalized spacial score (nSPS) is 14.4. The summed E-state index contributed by atoms with van der Waals surface area (Å²) in [7, 11) is 3.60. The summed E-state index contributed by atoms with van der Waals surface area (Å²) in [5.41, 5.74) is 5.05. The molecule has 2 aromatic carbocycles. The van der Waals surface area contributed by atoms with Gasteiger partial charge in [-0.15, -0.1) is 0 Å². The first kappa shape index (κ1) is 16.2. The van der Waals surface area contributed by atoms with E-state index in [1.54, 1.807) is 11.9 Å². The van der Waals surface area contributed by atoms with Crippen molar-refractivity contribution in [3.63, 3.8) is 0 Å². The summed E-state index contributed by atoms with van der Waals surface area (Å²) in [5, 5.41) is 3.13. The fourth-order valence-electron chi connectivity index (χ4n) is 3.06. The molecule has 24 heavy (non-hydrogen) atoms. The Balaban J connectivity index is 2.16. The highest BCUT2D eigenvalue weighted by molar-refractivity contribution is 6.07. The van der Waals surface area contributed by atoms with E-state index in [0.717, 1.165) is 34.7 Å². The summed E-state index contributed by atoms with van der Waals surface area (Å²) in [5.74, 6) is 1.40. The van der Waals surface area contributed by atoms with Crippen molar-refractivity contribution in [2.45, 2.75) is 25.7 Å². The number of amidine groups is 1. The molecular formula is C20H23N3O. The molecule has 0 bridgehead atoms. The Bertz CT molecular complexity index is 778. The van der Waals surface area contributed by atoms with Crippen LogP contribution in [0.15, 0.2) is 47.5 Å². The monoisotopic (exact) mass is 321 g/mol. The molecule has 2 aromatic rings.